The average Bonchev–Trinajstić information content (AvgIpc) is 2.68. The normalized spacial score (nSPS) is 15.5. The van der Waals surface area contributed by atoms with E-state index in [1.54, 1.807) is 6.92 Å². The fourth-order valence-electron chi connectivity index (χ4n) is 2.74. The summed E-state index contributed by atoms with van der Waals surface area (Å²) in [4.78, 5) is 14.5. The Bertz CT molecular complexity index is 667. The molecule has 0 spiro atoms. The van der Waals surface area contributed by atoms with Crippen LogP contribution in [0.5, 0.6) is 5.75 Å². The minimum Gasteiger partial charge on any atom is -0.481 e. The SMILES string of the molecule is CC(Oc1ccccc1)C(=O)NCc1ccc(N2CCOCC2)cc1. The van der Waals surface area contributed by atoms with Gasteiger partial charge in [-0.05, 0) is 36.8 Å². The van der Waals surface area contributed by atoms with E-state index < -0.39 is 6.10 Å². The van der Waals surface area contributed by atoms with E-state index in [0.29, 0.717) is 12.3 Å². The Labute approximate surface area is 148 Å². The number of nitrogens with one attached hydrogen (secondary N) is 1. The number of hydrogen-bond donors (Lipinski definition) is 1. The lowest BCUT2D eigenvalue weighted by Crippen LogP contribution is -2.36. The lowest BCUT2D eigenvalue weighted by atomic mass is 10.2. The van der Waals surface area contributed by atoms with E-state index in [-0.39, 0.29) is 5.91 Å². The molecule has 1 amide bonds. The number of ether oxygens (including phenoxy) is 2. The third-order valence-electron chi connectivity index (χ3n) is 4.20. The molecular weight excluding hydrogens is 316 g/mol. The smallest absolute Gasteiger partial charge is 0.261 e. The minimum atomic E-state index is -0.532. The van der Waals surface area contributed by atoms with Crippen LogP contribution in [0.1, 0.15) is 12.5 Å². The lowest BCUT2D eigenvalue weighted by molar-refractivity contribution is -0.127. The molecule has 0 radical (unpaired) electrons. The van der Waals surface area contributed by atoms with Crippen LogP contribution in [0.25, 0.3) is 0 Å². The Balaban J connectivity index is 1.48. The molecule has 0 saturated carbocycles. The molecule has 5 heteroatoms. The molecule has 1 atom stereocenters. The first-order valence-electron chi connectivity index (χ1n) is 8.63. The molecule has 0 aliphatic carbocycles. The number of nitrogens with zero attached hydrogens (tertiary/aromatic N) is 1. The topological polar surface area (TPSA) is 50.8 Å². The summed E-state index contributed by atoms with van der Waals surface area (Å²) >= 11 is 0. The Kier molecular flexibility index (Phi) is 5.90. The lowest BCUT2D eigenvalue weighted by Gasteiger charge is -2.28. The largest absolute Gasteiger partial charge is 0.481 e. The van der Waals surface area contributed by atoms with Gasteiger partial charge in [0.2, 0.25) is 0 Å². The van der Waals surface area contributed by atoms with Crippen LogP contribution in [0.2, 0.25) is 0 Å². The zero-order valence-corrected chi connectivity index (χ0v) is 14.5. The van der Waals surface area contributed by atoms with E-state index in [1.165, 1.54) is 5.69 Å². The fraction of sp³-hybridized carbons (Fsp3) is 0.350. The van der Waals surface area contributed by atoms with Crippen LogP contribution in [-0.2, 0) is 16.1 Å². The molecule has 1 aliphatic rings. The predicted molar refractivity (Wildman–Crippen MR) is 97.9 cm³/mol. The van der Waals surface area contributed by atoms with Crippen molar-refractivity contribution < 1.29 is 14.3 Å². The Morgan fingerprint density at radius 2 is 1.80 bits per heavy atom. The molecule has 3 rings (SSSR count). The van der Waals surface area contributed by atoms with Gasteiger partial charge in [-0.25, -0.2) is 0 Å². The maximum atomic E-state index is 12.2. The van der Waals surface area contributed by atoms with E-state index >= 15 is 0 Å². The van der Waals surface area contributed by atoms with Crippen LogP contribution in [0.3, 0.4) is 0 Å². The summed E-state index contributed by atoms with van der Waals surface area (Å²) in [6.45, 7) is 5.64. The predicted octanol–water partition coefficient (Wildman–Crippen LogP) is 2.61. The van der Waals surface area contributed by atoms with Gasteiger partial charge in [-0.2, -0.15) is 0 Å². The van der Waals surface area contributed by atoms with Crippen LogP contribution in [0, 0.1) is 0 Å². The van der Waals surface area contributed by atoms with Gasteiger partial charge in [-0.15, -0.1) is 0 Å². The van der Waals surface area contributed by atoms with Gasteiger partial charge in [0, 0.05) is 25.3 Å². The first kappa shape index (κ1) is 17.3. The maximum absolute atomic E-state index is 12.2. The quantitative estimate of drug-likeness (QED) is 0.878. The first-order chi connectivity index (χ1) is 12.2. The Morgan fingerprint density at radius 3 is 2.48 bits per heavy atom. The molecule has 1 heterocycles. The van der Waals surface area contributed by atoms with E-state index in [4.69, 9.17) is 9.47 Å². The van der Waals surface area contributed by atoms with Crippen LogP contribution in [-0.4, -0.2) is 38.3 Å². The van der Waals surface area contributed by atoms with Gasteiger partial charge < -0.3 is 19.7 Å². The average molecular weight is 340 g/mol. The molecular formula is C20H24N2O3. The highest BCUT2D eigenvalue weighted by atomic mass is 16.5. The van der Waals surface area contributed by atoms with Gasteiger partial charge in [-0.3, -0.25) is 4.79 Å². The van der Waals surface area contributed by atoms with E-state index in [0.717, 1.165) is 31.9 Å². The summed E-state index contributed by atoms with van der Waals surface area (Å²) in [5.74, 6) is 0.570. The molecule has 0 aromatic heterocycles. The number of hydrogen-bond acceptors (Lipinski definition) is 4. The zero-order valence-electron chi connectivity index (χ0n) is 14.5. The van der Waals surface area contributed by atoms with Gasteiger partial charge in [0.15, 0.2) is 6.10 Å². The van der Waals surface area contributed by atoms with Crippen molar-refractivity contribution in [3.05, 3.63) is 60.2 Å². The van der Waals surface area contributed by atoms with Gasteiger partial charge in [0.1, 0.15) is 5.75 Å². The number of morpholine rings is 1. The molecule has 1 saturated heterocycles. The number of benzene rings is 2. The standard InChI is InChI=1S/C20H24N2O3/c1-16(25-19-5-3-2-4-6-19)20(23)21-15-17-7-9-18(10-8-17)22-11-13-24-14-12-22/h2-10,16H,11-15H2,1H3,(H,21,23). The summed E-state index contributed by atoms with van der Waals surface area (Å²) < 4.78 is 11.0. The number of para-hydroxylation sites is 1. The molecule has 0 bridgehead atoms. The summed E-state index contributed by atoms with van der Waals surface area (Å²) in [7, 11) is 0. The number of carbonyl (C=O) groups excluding carboxylic acids is 1. The molecule has 1 aliphatic heterocycles. The molecule has 25 heavy (non-hydrogen) atoms. The minimum absolute atomic E-state index is 0.124. The van der Waals surface area contributed by atoms with Crippen molar-refractivity contribution in [2.24, 2.45) is 0 Å². The van der Waals surface area contributed by atoms with Gasteiger partial charge in [0.25, 0.3) is 5.91 Å². The molecule has 2 aromatic rings. The Hall–Kier alpha value is -2.53. The van der Waals surface area contributed by atoms with Crippen LogP contribution in [0.15, 0.2) is 54.6 Å². The third-order valence-corrected chi connectivity index (χ3v) is 4.20. The fourth-order valence-corrected chi connectivity index (χ4v) is 2.74. The summed E-state index contributed by atoms with van der Waals surface area (Å²) in [6.07, 6.45) is -0.532. The highest BCUT2D eigenvalue weighted by Gasteiger charge is 2.14. The Morgan fingerprint density at radius 1 is 1.12 bits per heavy atom. The highest BCUT2D eigenvalue weighted by Crippen LogP contribution is 2.16. The van der Waals surface area contributed by atoms with Crippen molar-refractivity contribution in [2.45, 2.75) is 19.6 Å². The highest BCUT2D eigenvalue weighted by molar-refractivity contribution is 5.80. The monoisotopic (exact) mass is 340 g/mol. The maximum Gasteiger partial charge on any atom is 0.261 e. The molecule has 132 valence electrons. The molecule has 5 nitrogen and oxygen atoms in total. The molecule has 1 N–H and O–H groups in total. The van der Waals surface area contributed by atoms with Crippen molar-refractivity contribution in [1.82, 2.24) is 5.32 Å². The van der Waals surface area contributed by atoms with E-state index in [9.17, 15) is 4.79 Å². The van der Waals surface area contributed by atoms with Gasteiger partial charge in [0.05, 0.1) is 13.2 Å². The van der Waals surface area contributed by atoms with Crippen molar-refractivity contribution in [1.29, 1.82) is 0 Å². The summed E-state index contributed by atoms with van der Waals surface area (Å²) in [5.41, 5.74) is 2.26. The second-order valence-electron chi connectivity index (χ2n) is 6.06. The first-order valence-corrected chi connectivity index (χ1v) is 8.63. The zero-order chi connectivity index (χ0) is 17.5. The van der Waals surface area contributed by atoms with E-state index in [1.807, 2.05) is 42.5 Å². The van der Waals surface area contributed by atoms with Gasteiger partial charge in [-0.1, -0.05) is 30.3 Å². The van der Waals surface area contributed by atoms with Crippen molar-refractivity contribution >= 4 is 11.6 Å². The third kappa shape index (κ3) is 4.97. The van der Waals surface area contributed by atoms with Crippen LogP contribution in [0.4, 0.5) is 5.69 Å². The molecule has 1 fully saturated rings. The van der Waals surface area contributed by atoms with E-state index in [2.05, 4.69) is 22.3 Å². The number of amides is 1. The van der Waals surface area contributed by atoms with Crippen molar-refractivity contribution in [2.75, 3.05) is 31.2 Å². The summed E-state index contributed by atoms with van der Waals surface area (Å²) in [5, 5.41) is 2.92. The van der Waals surface area contributed by atoms with Crippen LogP contribution >= 0.6 is 0 Å². The second kappa shape index (κ2) is 8.53. The molecule has 2 aromatic carbocycles. The van der Waals surface area contributed by atoms with Gasteiger partial charge >= 0.3 is 0 Å². The number of rotatable bonds is 6. The second-order valence-corrected chi connectivity index (χ2v) is 6.06. The summed E-state index contributed by atoms with van der Waals surface area (Å²) in [6, 6.07) is 17.7. The number of carbonyl (C=O) groups is 1. The van der Waals surface area contributed by atoms with Crippen LogP contribution < -0.4 is 15.0 Å². The molecule has 1 unspecified atom stereocenters. The van der Waals surface area contributed by atoms with Crippen molar-refractivity contribution in [3.63, 3.8) is 0 Å². The van der Waals surface area contributed by atoms with Crippen molar-refractivity contribution in [3.8, 4) is 5.75 Å². The number of anilines is 1.